The van der Waals surface area contributed by atoms with Gasteiger partial charge in [-0.25, -0.2) is 4.90 Å². The number of rotatable bonds is 3. The fourth-order valence-electron chi connectivity index (χ4n) is 2.22. The van der Waals surface area contributed by atoms with E-state index in [0.29, 0.717) is 11.1 Å². The molecule has 1 aliphatic heterocycles. The molecule has 4 heteroatoms. The highest BCUT2D eigenvalue weighted by atomic mass is 16.5. The van der Waals surface area contributed by atoms with Crippen LogP contribution in [-0.4, -0.2) is 23.8 Å². The standard InChI is InChI=1S/C17H13NO3/c1-21-13-8-6-12(7-9-13)10-11-18-16(19)14-4-2-3-5-15(14)17(18)20/h2-11H,1H3/b11-10+. The average molecular weight is 279 g/mol. The topological polar surface area (TPSA) is 46.6 Å². The summed E-state index contributed by atoms with van der Waals surface area (Å²) in [5, 5.41) is 0. The maximum atomic E-state index is 12.2. The highest BCUT2D eigenvalue weighted by Gasteiger charge is 2.33. The van der Waals surface area contributed by atoms with E-state index < -0.39 is 0 Å². The van der Waals surface area contributed by atoms with Gasteiger partial charge in [-0.3, -0.25) is 9.59 Å². The van der Waals surface area contributed by atoms with E-state index in [1.54, 1.807) is 37.5 Å². The van der Waals surface area contributed by atoms with Crippen LogP contribution < -0.4 is 4.74 Å². The number of benzene rings is 2. The Morgan fingerprint density at radius 3 is 2.00 bits per heavy atom. The van der Waals surface area contributed by atoms with E-state index in [-0.39, 0.29) is 11.8 Å². The van der Waals surface area contributed by atoms with Crippen molar-refractivity contribution in [2.75, 3.05) is 7.11 Å². The fourth-order valence-corrected chi connectivity index (χ4v) is 2.22. The molecular formula is C17H13NO3. The molecule has 1 heterocycles. The summed E-state index contributed by atoms with van der Waals surface area (Å²) in [7, 11) is 1.60. The van der Waals surface area contributed by atoms with Crippen molar-refractivity contribution in [2.24, 2.45) is 0 Å². The first-order chi connectivity index (χ1) is 10.2. The van der Waals surface area contributed by atoms with Crippen LogP contribution >= 0.6 is 0 Å². The molecule has 0 saturated carbocycles. The Labute approximate surface area is 122 Å². The van der Waals surface area contributed by atoms with Gasteiger partial charge < -0.3 is 4.74 Å². The number of hydrogen-bond acceptors (Lipinski definition) is 3. The molecule has 104 valence electrons. The first-order valence-corrected chi connectivity index (χ1v) is 6.50. The molecule has 0 fully saturated rings. The van der Waals surface area contributed by atoms with Gasteiger partial charge in [0, 0.05) is 6.20 Å². The maximum absolute atomic E-state index is 12.2. The minimum Gasteiger partial charge on any atom is -0.497 e. The molecule has 2 amide bonds. The van der Waals surface area contributed by atoms with Crippen LogP contribution in [-0.2, 0) is 0 Å². The predicted molar refractivity (Wildman–Crippen MR) is 79.0 cm³/mol. The lowest BCUT2D eigenvalue weighted by Crippen LogP contribution is -2.23. The van der Waals surface area contributed by atoms with Crippen LogP contribution in [0.4, 0.5) is 0 Å². The van der Waals surface area contributed by atoms with Crippen LogP contribution in [0.5, 0.6) is 5.75 Å². The highest BCUT2D eigenvalue weighted by Crippen LogP contribution is 2.23. The normalized spacial score (nSPS) is 13.9. The molecule has 0 aromatic heterocycles. The van der Waals surface area contributed by atoms with Gasteiger partial charge in [0.05, 0.1) is 18.2 Å². The lowest BCUT2D eigenvalue weighted by molar-refractivity contribution is 0.0722. The number of methoxy groups -OCH3 is 1. The van der Waals surface area contributed by atoms with Gasteiger partial charge in [-0.15, -0.1) is 0 Å². The second-order valence-corrected chi connectivity index (χ2v) is 4.61. The van der Waals surface area contributed by atoms with Crippen molar-refractivity contribution < 1.29 is 14.3 Å². The van der Waals surface area contributed by atoms with Crippen LogP contribution in [0.1, 0.15) is 26.3 Å². The molecule has 0 bridgehead atoms. The van der Waals surface area contributed by atoms with Gasteiger partial charge in [-0.2, -0.15) is 0 Å². The van der Waals surface area contributed by atoms with E-state index in [9.17, 15) is 9.59 Å². The summed E-state index contributed by atoms with van der Waals surface area (Å²) >= 11 is 0. The van der Waals surface area contributed by atoms with Gasteiger partial charge in [0.1, 0.15) is 5.75 Å². The summed E-state index contributed by atoms with van der Waals surface area (Å²) in [6.45, 7) is 0. The Bertz CT molecular complexity index is 697. The molecule has 0 aliphatic carbocycles. The van der Waals surface area contributed by atoms with Crippen LogP contribution in [0.15, 0.2) is 54.7 Å². The number of imide groups is 1. The molecule has 0 saturated heterocycles. The Hall–Kier alpha value is -2.88. The SMILES string of the molecule is COc1ccc(/C=C/N2C(=O)c3ccccc3C2=O)cc1. The van der Waals surface area contributed by atoms with E-state index in [1.165, 1.54) is 6.20 Å². The minimum absolute atomic E-state index is 0.291. The van der Waals surface area contributed by atoms with Crippen molar-refractivity contribution in [1.82, 2.24) is 4.90 Å². The summed E-state index contributed by atoms with van der Waals surface area (Å²) in [5.74, 6) is 0.175. The van der Waals surface area contributed by atoms with Crippen LogP contribution in [0.3, 0.4) is 0 Å². The molecule has 0 atom stereocenters. The zero-order valence-electron chi connectivity index (χ0n) is 11.4. The molecule has 0 radical (unpaired) electrons. The van der Waals surface area contributed by atoms with E-state index in [2.05, 4.69) is 0 Å². The van der Waals surface area contributed by atoms with Crippen molar-refractivity contribution in [2.45, 2.75) is 0 Å². The second-order valence-electron chi connectivity index (χ2n) is 4.61. The summed E-state index contributed by atoms with van der Waals surface area (Å²) in [5.41, 5.74) is 1.77. The Balaban J connectivity index is 1.84. The van der Waals surface area contributed by atoms with Crippen molar-refractivity contribution >= 4 is 17.9 Å². The maximum Gasteiger partial charge on any atom is 0.265 e. The van der Waals surface area contributed by atoms with E-state index >= 15 is 0 Å². The van der Waals surface area contributed by atoms with E-state index in [0.717, 1.165) is 16.2 Å². The molecule has 1 aliphatic rings. The third kappa shape index (κ3) is 2.31. The monoisotopic (exact) mass is 279 g/mol. The molecule has 0 N–H and O–H groups in total. The number of carbonyl (C=O) groups excluding carboxylic acids is 2. The van der Waals surface area contributed by atoms with Crippen molar-refractivity contribution in [3.8, 4) is 5.75 Å². The minimum atomic E-state index is -0.291. The molecular weight excluding hydrogens is 266 g/mol. The van der Waals surface area contributed by atoms with Crippen molar-refractivity contribution in [3.05, 3.63) is 71.4 Å². The van der Waals surface area contributed by atoms with Gasteiger partial charge >= 0.3 is 0 Å². The number of hydrogen-bond donors (Lipinski definition) is 0. The zero-order chi connectivity index (χ0) is 14.8. The Morgan fingerprint density at radius 2 is 1.48 bits per heavy atom. The largest absolute Gasteiger partial charge is 0.497 e. The number of amides is 2. The van der Waals surface area contributed by atoms with Gasteiger partial charge in [-0.1, -0.05) is 24.3 Å². The Morgan fingerprint density at radius 1 is 0.905 bits per heavy atom. The number of fused-ring (bicyclic) bond motifs is 1. The van der Waals surface area contributed by atoms with Gasteiger partial charge in [-0.05, 0) is 35.9 Å². The highest BCUT2D eigenvalue weighted by molar-refractivity contribution is 6.22. The lowest BCUT2D eigenvalue weighted by atomic mass is 10.1. The first-order valence-electron chi connectivity index (χ1n) is 6.50. The van der Waals surface area contributed by atoms with E-state index in [4.69, 9.17) is 4.74 Å². The molecule has 2 aromatic rings. The lowest BCUT2D eigenvalue weighted by Gasteiger charge is -2.07. The van der Waals surface area contributed by atoms with Crippen LogP contribution in [0.25, 0.3) is 6.08 Å². The van der Waals surface area contributed by atoms with Crippen molar-refractivity contribution in [1.29, 1.82) is 0 Å². The van der Waals surface area contributed by atoms with Crippen molar-refractivity contribution in [3.63, 3.8) is 0 Å². The molecule has 0 unspecified atom stereocenters. The number of nitrogens with zero attached hydrogens (tertiary/aromatic N) is 1. The zero-order valence-corrected chi connectivity index (χ0v) is 11.4. The third-order valence-corrected chi connectivity index (χ3v) is 3.36. The number of carbonyl (C=O) groups is 2. The smallest absolute Gasteiger partial charge is 0.265 e. The summed E-state index contributed by atoms with van der Waals surface area (Å²) in [6.07, 6.45) is 3.23. The van der Waals surface area contributed by atoms with Gasteiger partial charge in [0.25, 0.3) is 11.8 Å². The van der Waals surface area contributed by atoms with Gasteiger partial charge in [0.2, 0.25) is 0 Å². The average Bonchev–Trinajstić information content (AvgIpc) is 2.78. The van der Waals surface area contributed by atoms with Crippen LogP contribution in [0, 0.1) is 0 Å². The number of ether oxygens (including phenoxy) is 1. The first kappa shape index (κ1) is 13.1. The predicted octanol–water partition coefficient (Wildman–Crippen LogP) is 2.96. The van der Waals surface area contributed by atoms with Gasteiger partial charge in [0.15, 0.2) is 0 Å². The Kier molecular flexibility index (Phi) is 3.28. The molecule has 4 nitrogen and oxygen atoms in total. The third-order valence-electron chi connectivity index (χ3n) is 3.36. The summed E-state index contributed by atoms with van der Waals surface area (Å²) in [6, 6.07) is 14.2. The molecule has 0 spiro atoms. The van der Waals surface area contributed by atoms with Crippen LogP contribution in [0.2, 0.25) is 0 Å². The quantitative estimate of drug-likeness (QED) is 0.811. The van der Waals surface area contributed by atoms with E-state index in [1.807, 2.05) is 24.3 Å². The summed E-state index contributed by atoms with van der Waals surface area (Å²) < 4.78 is 5.08. The molecule has 3 rings (SSSR count). The molecule has 21 heavy (non-hydrogen) atoms. The fraction of sp³-hybridized carbons (Fsp3) is 0.0588. The summed E-state index contributed by atoms with van der Waals surface area (Å²) in [4.78, 5) is 25.5. The second kappa shape index (κ2) is 5.25. The molecule has 2 aromatic carbocycles.